The maximum absolute atomic E-state index is 5.98. The van der Waals surface area contributed by atoms with E-state index in [1.807, 2.05) is 13.2 Å². The van der Waals surface area contributed by atoms with Gasteiger partial charge in [-0.1, -0.05) is 32.3 Å². The summed E-state index contributed by atoms with van der Waals surface area (Å²) in [5, 5.41) is 6.75. The molecule has 0 unspecified atom stereocenters. The van der Waals surface area contributed by atoms with Gasteiger partial charge in [-0.2, -0.15) is 0 Å². The molecule has 1 saturated carbocycles. The summed E-state index contributed by atoms with van der Waals surface area (Å²) < 4.78 is 5.98. The second kappa shape index (κ2) is 12.0. The van der Waals surface area contributed by atoms with Crippen molar-refractivity contribution in [3.8, 4) is 0 Å². The highest BCUT2D eigenvalue weighted by atomic mass is 16.5. The molecular formula is C23H39N5O. The van der Waals surface area contributed by atoms with Crippen LogP contribution in [0.2, 0.25) is 0 Å². The van der Waals surface area contributed by atoms with Crippen LogP contribution in [-0.4, -0.2) is 50.3 Å². The van der Waals surface area contributed by atoms with Crippen LogP contribution in [0.1, 0.15) is 63.9 Å². The molecular weight excluding hydrogens is 362 g/mol. The molecule has 2 N–H and O–H groups in total. The summed E-state index contributed by atoms with van der Waals surface area (Å²) in [5.41, 5.74) is 1.17. The van der Waals surface area contributed by atoms with Crippen molar-refractivity contribution < 1.29 is 4.74 Å². The first kappa shape index (κ1) is 21.9. The van der Waals surface area contributed by atoms with Gasteiger partial charge in [-0.3, -0.25) is 4.99 Å². The minimum atomic E-state index is 0.491. The summed E-state index contributed by atoms with van der Waals surface area (Å²) in [5.74, 6) is 2.77. The fraction of sp³-hybridized carbons (Fsp3) is 0.739. The minimum absolute atomic E-state index is 0.491. The van der Waals surface area contributed by atoms with Gasteiger partial charge in [-0.05, 0) is 49.7 Å². The molecule has 6 nitrogen and oxygen atoms in total. The van der Waals surface area contributed by atoms with Gasteiger partial charge in [0.2, 0.25) is 0 Å². The maximum Gasteiger partial charge on any atom is 0.191 e. The van der Waals surface area contributed by atoms with Gasteiger partial charge < -0.3 is 20.3 Å². The van der Waals surface area contributed by atoms with E-state index >= 15 is 0 Å². The molecule has 1 aliphatic heterocycles. The van der Waals surface area contributed by atoms with Crippen LogP contribution in [0.5, 0.6) is 0 Å². The molecule has 6 heteroatoms. The van der Waals surface area contributed by atoms with E-state index in [2.05, 4.69) is 44.6 Å². The molecule has 0 bridgehead atoms. The van der Waals surface area contributed by atoms with Gasteiger partial charge in [-0.25, -0.2) is 4.98 Å². The molecule has 2 aliphatic rings. The molecule has 1 aromatic rings. The Bertz CT molecular complexity index is 604. The molecule has 29 heavy (non-hydrogen) atoms. The zero-order valence-electron chi connectivity index (χ0n) is 18.3. The van der Waals surface area contributed by atoms with Crippen molar-refractivity contribution in [1.29, 1.82) is 0 Å². The van der Waals surface area contributed by atoms with E-state index in [1.54, 1.807) is 0 Å². The lowest BCUT2D eigenvalue weighted by molar-refractivity contribution is 0.0277. The van der Waals surface area contributed by atoms with Crippen LogP contribution in [0.25, 0.3) is 0 Å². The Morgan fingerprint density at radius 2 is 1.93 bits per heavy atom. The highest BCUT2D eigenvalue weighted by Gasteiger charge is 2.16. The normalized spacial score (nSPS) is 19.4. The predicted molar refractivity (Wildman–Crippen MR) is 120 cm³/mol. The van der Waals surface area contributed by atoms with Crippen LogP contribution in [0.15, 0.2) is 23.3 Å². The van der Waals surface area contributed by atoms with Gasteiger partial charge in [0.25, 0.3) is 0 Å². The fourth-order valence-corrected chi connectivity index (χ4v) is 4.11. The van der Waals surface area contributed by atoms with E-state index in [0.717, 1.165) is 56.9 Å². The maximum atomic E-state index is 5.98. The Balaban J connectivity index is 1.31. The third kappa shape index (κ3) is 7.50. The standard InChI is InChI=1S/C23H39N5O/c1-19-11-14-28(15-12-19)22-10-9-20(17-26-22)18-27-23(24-2)25-13-6-16-29-21-7-4-3-5-8-21/h9-10,17,19,21H,3-8,11-16,18H2,1-2H3,(H2,24,25,27). The number of piperidine rings is 1. The molecule has 0 amide bonds. The Labute approximate surface area is 176 Å². The van der Waals surface area contributed by atoms with E-state index < -0.39 is 0 Å². The van der Waals surface area contributed by atoms with E-state index in [4.69, 9.17) is 4.74 Å². The number of ether oxygens (including phenoxy) is 1. The molecule has 0 spiro atoms. The van der Waals surface area contributed by atoms with Gasteiger partial charge in [0, 0.05) is 46.0 Å². The van der Waals surface area contributed by atoms with Crippen molar-refractivity contribution in [3.63, 3.8) is 0 Å². The van der Waals surface area contributed by atoms with Gasteiger partial charge in [0.15, 0.2) is 5.96 Å². The van der Waals surface area contributed by atoms with Gasteiger partial charge in [0.1, 0.15) is 5.82 Å². The largest absolute Gasteiger partial charge is 0.378 e. The molecule has 2 fully saturated rings. The van der Waals surface area contributed by atoms with Crippen molar-refractivity contribution >= 4 is 11.8 Å². The van der Waals surface area contributed by atoms with Crippen LogP contribution < -0.4 is 15.5 Å². The first-order valence-electron chi connectivity index (χ1n) is 11.5. The summed E-state index contributed by atoms with van der Waals surface area (Å²) in [4.78, 5) is 11.4. The first-order valence-corrected chi connectivity index (χ1v) is 11.5. The van der Waals surface area contributed by atoms with Crippen LogP contribution in [-0.2, 0) is 11.3 Å². The average molecular weight is 402 g/mol. The number of rotatable bonds is 8. The van der Waals surface area contributed by atoms with E-state index in [9.17, 15) is 0 Å². The third-order valence-electron chi connectivity index (χ3n) is 6.12. The average Bonchev–Trinajstić information content (AvgIpc) is 2.77. The lowest BCUT2D eigenvalue weighted by atomic mass is 9.98. The third-order valence-corrected chi connectivity index (χ3v) is 6.12. The molecule has 1 saturated heterocycles. The number of hydrogen-bond donors (Lipinski definition) is 2. The quantitative estimate of drug-likeness (QED) is 0.395. The van der Waals surface area contributed by atoms with E-state index in [-0.39, 0.29) is 0 Å². The molecule has 0 aromatic carbocycles. The molecule has 0 atom stereocenters. The second-order valence-electron chi connectivity index (χ2n) is 8.53. The molecule has 1 aromatic heterocycles. The minimum Gasteiger partial charge on any atom is -0.378 e. The predicted octanol–water partition coefficient (Wildman–Crippen LogP) is 3.72. The van der Waals surface area contributed by atoms with Crippen LogP contribution in [0.3, 0.4) is 0 Å². The number of guanidine groups is 1. The van der Waals surface area contributed by atoms with Gasteiger partial charge in [-0.15, -0.1) is 0 Å². The molecule has 2 heterocycles. The number of anilines is 1. The Hall–Kier alpha value is -1.82. The van der Waals surface area contributed by atoms with Crippen molar-refractivity contribution in [1.82, 2.24) is 15.6 Å². The summed E-state index contributed by atoms with van der Waals surface area (Å²) >= 11 is 0. The highest BCUT2D eigenvalue weighted by Crippen LogP contribution is 2.21. The van der Waals surface area contributed by atoms with Gasteiger partial charge in [0.05, 0.1) is 6.10 Å². The van der Waals surface area contributed by atoms with E-state index in [0.29, 0.717) is 6.10 Å². The topological polar surface area (TPSA) is 61.8 Å². The van der Waals surface area contributed by atoms with Crippen LogP contribution >= 0.6 is 0 Å². The summed E-state index contributed by atoms with van der Waals surface area (Å²) in [6.45, 7) is 7.00. The zero-order valence-corrected chi connectivity index (χ0v) is 18.3. The van der Waals surface area contributed by atoms with E-state index in [1.165, 1.54) is 50.5 Å². The van der Waals surface area contributed by atoms with Crippen molar-refractivity contribution in [2.45, 2.75) is 70.9 Å². The lowest BCUT2D eigenvalue weighted by Gasteiger charge is -2.31. The van der Waals surface area contributed by atoms with Crippen LogP contribution in [0.4, 0.5) is 5.82 Å². The number of aliphatic imine (C=N–C) groups is 1. The number of nitrogens with one attached hydrogen (secondary N) is 2. The Morgan fingerprint density at radius 3 is 2.62 bits per heavy atom. The fourth-order valence-electron chi connectivity index (χ4n) is 4.11. The molecule has 3 rings (SSSR count). The number of hydrogen-bond acceptors (Lipinski definition) is 4. The van der Waals surface area contributed by atoms with Crippen molar-refractivity contribution in [2.24, 2.45) is 10.9 Å². The van der Waals surface area contributed by atoms with Crippen molar-refractivity contribution in [2.75, 3.05) is 38.2 Å². The van der Waals surface area contributed by atoms with Crippen molar-refractivity contribution in [3.05, 3.63) is 23.9 Å². The number of pyridine rings is 1. The Kier molecular flexibility index (Phi) is 9.06. The first-order chi connectivity index (χ1) is 14.2. The second-order valence-corrected chi connectivity index (χ2v) is 8.53. The number of aromatic nitrogens is 1. The molecule has 162 valence electrons. The Morgan fingerprint density at radius 1 is 1.14 bits per heavy atom. The molecule has 1 aliphatic carbocycles. The van der Waals surface area contributed by atoms with Gasteiger partial charge >= 0.3 is 0 Å². The SMILES string of the molecule is CN=C(NCCCOC1CCCCC1)NCc1ccc(N2CCC(C)CC2)nc1. The lowest BCUT2D eigenvalue weighted by Crippen LogP contribution is -2.37. The van der Waals surface area contributed by atoms with Crippen LogP contribution in [0, 0.1) is 5.92 Å². The smallest absolute Gasteiger partial charge is 0.191 e. The summed E-state index contributed by atoms with van der Waals surface area (Å²) in [6, 6.07) is 4.31. The summed E-state index contributed by atoms with van der Waals surface area (Å²) in [6.07, 6.45) is 12.5. The molecule has 0 radical (unpaired) electrons. The zero-order chi connectivity index (χ0) is 20.3. The highest BCUT2D eigenvalue weighted by molar-refractivity contribution is 5.79. The summed E-state index contributed by atoms with van der Waals surface area (Å²) in [7, 11) is 1.81. The number of nitrogens with zero attached hydrogens (tertiary/aromatic N) is 3. The monoisotopic (exact) mass is 401 g/mol.